The van der Waals surface area contributed by atoms with E-state index in [-0.39, 0.29) is 11.2 Å². The molecule has 0 aliphatic heterocycles. The van der Waals surface area contributed by atoms with Gasteiger partial charge in [-0.15, -0.1) is 0 Å². The maximum atomic E-state index is 11.8. The first-order valence-corrected chi connectivity index (χ1v) is 5.49. The monoisotopic (exact) mass is 204 g/mol. The Morgan fingerprint density at radius 1 is 1.47 bits per heavy atom. The first kappa shape index (κ1) is 12.0. The fraction of sp³-hybridized carbons (Fsp3) is 0.500. The Kier molecular flexibility index (Phi) is 3.67. The van der Waals surface area contributed by atoms with Crippen LogP contribution in [0.5, 0.6) is 0 Å². The third-order valence-corrected chi connectivity index (χ3v) is 2.33. The molecule has 0 saturated heterocycles. The van der Waals surface area contributed by atoms with Gasteiger partial charge in [0.2, 0.25) is 0 Å². The van der Waals surface area contributed by atoms with Crippen LogP contribution in [0.15, 0.2) is 36.0 Å². The zero-order valence-electron chi connectivity index (χ0n) is 10.1. The second-order valence-electron chi connectivity index (χ2n) is 5.32. The Morgan fingerprint density at radius 3 is 2.67 bits per heavy atom. The number of ketones is 1. The molecule has 0 radical (unpaired) electrons. The van der Waals surface area contributed by atoms with Crippen LogP contribution in [0.4, 0.5) is 0 Å². The smallest absolute Gasteiger partial charge is 0.181 e. The molecule has 1 aliphatic rings. The van der Waals surface area contributed by atoms with Gasteiger partial charge in [-0.3, -0.25) is 4.79 Å². The molecule has 0 saturated carbocycles. The van der Waals surface area contributed by atoms with Crippen LogP contribution < -0.4 is 0 Å². The molecule has 0 amide bonds. The van der Waals surface area contributed by atoms with E-state index in [1.165, 1.54) is 0 Å². The summed E-state index contributed by atoms with van der Waals surface area (Å²) in [5.41, 5.74) is 0.997. The first-order valence-electron chi connectivity index (χ1n) is 5.49. The van der Waals surface area contributed by atoms with Crippen LogP contribution in [0.25, 0.3) is 0 Å². The van der Waals surface area contributed by atoms with Gasteiger partial charge in [0.15, 0.2) is 5.78 Å². The van der Waals surface area contributed by atoms with E-state index in [0.717, 1.165) is 12.0 Å². The van der Waals surface area contributed by atoms with Crippen molar-refractivity contribution in [3.8, 4) is 0 Å². The minimum atomic E-state index is 0.0757. The summed E-state index contributed by atoms with van der Waals surface area (Å²) in [5, 5.41) is 0. The molecule has 15 heavy (non-hydrogen) atoms. The van der Waals surface area contributed by atoms with Crippen LogP contribution in [-0.4, -0.2) is 5.78 Å². The minimum absolute atomic E-state index is 0.0757. The number of rotatable bonds is 2. The van der Waals surface area contributed by atoms with Gasteiger partial charge in [-0.2, -0.15) is 0 Å². The van der Waals surface area contributed by atoms with Gasteiger partial charge < -0.3 is 0 Å². The van der Waals surface area contributed by atoms with Crippen LogP contribution >= 0.6 is 0 Å². The van der Waals surface area contributed by atoms with Gasteiger partial charge in [0.25, 0.3) is 0 Å². The third-order valence-electron chi connectivity index (χ3n) is 2.33. The van der Waals surface area contributed by atoms with E-state index < -0.39 is 0 Å². The van der Waals surface area contributed by atoms with Crippen LogP contribution in [-0.2, 0) is 4.79 Å². The molecule has 82 valence electrons. The fourth-order valence-electron chi connectivity index (χ4n) is 1.46. The van der Waals surface area contributed by atoms with Crippen molar-refractivity contribution in [2.24, 2.45) is 11.3 Å². The SMILES string of the molecule is CC1C=CC=C(C(=O)/C=C/C(C)(C)C)C1. The lowest BCUT2D eigenvalue weighted by atomic mass is 9.91. The van der Waals surface area contributed by atoms with Crippen molar-refractivity contribution in [1.82, 2.24) is 0 Å². The number of allylic oxidation sites excluding steroid dienone is 6. The van der Waals surface area contributed by atoms with Gasteiger partial charge in [-0.1, -0.05) is 52.0 Å². The van der Waals surface area contributed by atoms with Crippen LogP contribution in [0.2, 0.25) is 0 Å². The summed E-state index contributed by atoms with van der Waals surface area (Å²) in [7, 11) is 0. The third kappa shape index (κ3) is 4.28. The summed E-state index contributed by atoms with van der Waals surface area (Å²) < 4.78 is 0. The van der Waals surface area contributed by atoms with Crippen molar-refractivity contribution in [3.63, 3.8) is 0 Å². The Bertz CT molecular complexity index is 324. The largest absolute Gasteiger partial charge is 0.290 e. The molecule has 0 fully saturated rings. The Hall–Kier alpha value is -1.11. The fourth-order valence-corrected chi connectivity index (χ4v) is 1.46. The molecule has 0 N–H and O–H groups in total. The molecule has 0 aromatic heterocycles. The lowest BCUT2D eigenvalue weighted by Gasteiger charge is -2.13. The summed E-state index contributed by atoms with van der Waals surface area (Å²) >= 11 is 0. The Labute approximate surface area is 92.6 Å². The highest BCUT2D eigenvalue weighted by Crippen LogP contribution is 2.20. The molecule has 0 spiro atoms. The molecular weight excluding hydrogens is 184 g/mol. The zero-order chi connectivity index (χ0) is 11.5. The number of hydrogen-bond acceptors (Lipinski definition) is 1. The molecule has 1 rings (SSSR count). The van der Waals surface area contributed by atoms with Crippen molar-refractivity contribution in [3.05, 3.63) is 36.0 Å². The van der Waals surface area contributed by atoms with E-state index in [9.17, 15) is 4.79 Å². The van der Waals surface area contributed by atoms with Gasteiger partial charge in [-0.05, 0) is 29.4 Å². The first-order chi connectivity index (χ1) is 6.88. The molecule has 1 nitrogen and oxygen atoms in total. The number of hydrogen-bond donors (Lipinski definition) is 0. The predicted octanol–water partition coefficient (Wildman–Crippen LogP) is 3.68. The summed E-state index contributed by atoms with van der Waals surface area (Å²) in [5.74, 6) is 0.637. The van der Waals surface area contributed by atoms with Crippen molar-refractivity contribution in [2.75, 3.05) is 0 Å². The molecule has 0 aromatic carbocycles. The second kappa shape index (κ2) is 4.61. The summed E-state index contributed by atoms with van der Waals surface area (Å²) in [6, 6.07) is 0. The van der Waals surface area contributed by atoms with Gasteiger partial charge >= 0.3 is 0 Å². The van der Waals surface area contributed by atoms with E-state index in [1.54, 1.807) is 6.08 Å². The Morgan fingerprint density at radius 2 is 2.13 bits per heavy atom. The van der Waals surface area contributed by atoms with Gasteiger partial charge in [0.1, 0.15) is 0 Å². The summed E-state index contributed by atoms with van der Waals surface area (Å²) in [6.45, 7) is 8.40. The van der Waals surface area contributed by atoms with E-state index >= 15 is 0 Å². The zero-order valence-corrected chi connectivity index (χ0v) is 10.1. The van der Waals surface area contributed by atoms with Crippen LogP contribution in [0, 0.1) is 11.3 Å². The summed E-state index contributed by atoms with van der Waals surface area (Å²) in [4.78, 5) is 11.8. The maximum Gasteiger partial charge on any atom is 0.181 e. The highest BCUT2D eigenvalue weighted by molar-refractivity contribution is 6.04. The molecule has 0 bridgehead atoms. The van der Waals surface area contributed by atoms with Crippen molar-refractivity contribution < 1.29 is 4.79 Å². The van der Waals surface area contributed by atoms with E-state index in [0.29, 0.717) is 5.92 Å². The lowest BCUT2D eigenvalue weighted by molar-refractivity contribution is -0.111. The van der Waals surface area contributed by atoms with Gasteiger partial charge in [0, 0.05) is 0 Å². The molecule has 0 aromatic rings. The van der Waals surface area contributed by atoms with Gasteiger partial charge in [-0.25, -0.2) is 0 Å². The van der Waals surface area contributed by atoms with Crippen molar-refractivity contribution in [2.45, 2.75) is 34.1 Å². The highest BCUT2D eigenvalue weighted by atomic mass is 16.1. The van der Waals surface area contributed by atoms with E-state index in [1.807, 2.05) is 18.2 Å². The minimum Gasteiger partial charge on any atom is -0.290 e. The molecule has 1 unspecified atom stereocenters. The average molecular weight is 204 g/mol. The maximum absolute atomic E-state index is 11.8. The second-order valence-corrected chi connectivity index (χ2v) is 5.32. The van der Waals surface area contributed by atoms with E-state index in [4.69, 9.17) is 0 Å². The van der Waals surface area contributed by atoms with Crippen LogP contribution in [0.1, 0.15) is 34.1 Å². The normalized spacial score (nSPS) is 21.9. The standard InChI is InChI=1S/C14H20O/c1-11-6-5-7-12(10-11)13(15)8-9-14(2,3)4/h5-9,11H,10H2,1-4H3/b9-8+. The lowest BCUT2D eigenvalue weighted by Crippen LogP contribution is -2.07. The molecule has 1 atom stereocenters. The molecular formula is C14H20O. The summed E-state index contributed by atoms with van der Waals surface area (Å²) in [6.07, 6.45) is 10.6. The topological polar surface area (TPSA) is 17.1 Å². The Balaban J connectivity index is 2.66. The quantitative estimate of drug-likeness (QED) is 0.627. The van der Waals surface area contributed by atoms with Crippen molar-refractivity contribution >= 4 is 5.78 Å². The molecule has 0 heterocycles. The predicted molar refractivity (Wildman–Crippen MR) is 64.6 cm³/mol. The van der Waals surface area contributed by atoms with Gasteiger partial charge in [0.05, 0.1) is 0 Å². The molecule has 1 aliphatic carbocycles. The number of carbonyl (C=O) groups is 1. The molecule has 1 heteroatoms. The van der Waals surface area contributed by atoms with Crippen molar-refractivity contribution in [1.29, 1.82) is 0 Å². The average Bonchev–Trinajstić information content (AvgIpc) is 2.13. The highest BCUT2D eigenvalue weighted by Gasteiger charge is 2.13. The number of carbonyl (C=O) groups excluding carboxylic acids is 1. The van der Waals surface area contributed by atoms with E-state index in [2.05, 4.69) is 33.8 Å². The van der Waals surface area contributed by atoms with Crippen LogP contribution in [0.3, 0.4) is 0 Å².